The number of anilines is 1. The Morgan fingerprint density at radius 2 is 1.95 bits per heavy atom. The maximum atomic E-state index is 12.2. The highest BCUT2D eigenvalue weighted by Gasteiger charge is 2.28. The Balaban J connectivity index is 1.58. The molecule has 0 bridgehead atoms. The molecule has 1 fully saturated rings. The summed E-state index contributed by atoms with van der Waals surface area (Å²) in [5.41, 5.74) is 2.93. The highest BCUT2D eigenvalue weighted by Crippen LogP contribution is 2.40. The number of hydrogen-bond donors (Lipinski definition) is 1. The van der Waals surface area contributed by atoms with Gasteiger partial charge >= 0.3 is 0 Å². The maximum Gasteiger partial charge on any atom is 0.255 e. The van der Waals surface area contributed by atoms with Gasteiger partial charge in [-0.2, -0.15) is 0 Å². The van der Waals surface area contributed by atoms with Crippen LogP contribution in [0.4, 0.5) is 5.69 Å². The molecule has 110 valence electrons. The van der Waals surface area contributed by atoms with Crippen molar-refractivity contribution in [2.45, 2.75) is 18.8 Å². The van der Waals surface area contributed by atoms with Crippen molar-refractivity contribution in [3.63, 3.8) is 0 Å². The van der Waals surface area contributed by atoms with Crippen LogP contribution in [0, 0.1) is 3.57 Å². The van der Waals surface area contributed by atoms with E-state index in [2.05, 4.69) is 32.9 Å². The first-order chi connectivity index (χ1) is 10.7. The summed E-state index contributed by atoms with van der Waals surface area (Å²) in [7, 11) is 0. The zero-order valence-electron chi connectivity index (χ0n) is 11.7. The molecule has 0 unspecified atom stereocenters. The van der Waals surface area contributed by atoms with Gasteiger partial charge in [-0.25, -0.2) is 4.98 Å². The van der Waals surface area contributed by atoms with Gasteiger partial charge in [-0.15, -0.1) is 0 Å². The average molecular weight is 404 g/mol. The Morgan fingerprint density at radius 3 is 2.68 bits per heavy atom. The lowest BCUT2D eigenvalue weighted by Crippen LogP contribution is -2.11. The molecule has 1 saturated carbocycles. The first-order valence-electron chi connectivity index (χ1n) is 7.16. The summed E-state index contributed by atoms with van der Waals surface area (Å²) in [5, 5.41) is 2.90. The number of carbonyl (C=O) groups excluding carboxylic acids is 1. The van der Waals surface area contributed by atoms with E-state index in [1.165, 1.54) is 0 Å². The van der Waals surface area contributed by atoms with Crippen LogP contribution in [0.15, 0.2) is 46.9 Å². The molecule has 4 rings (SSSR count). The van der Waals surface area contributed by atoms with Gasteiger partial charge in [0.1, 0.15) is 5.52 Å². The van der Waals surface area contributed by atoms with Crippen LogP contribution in [0.2, 0.25) is 0 Å². The van der Waals surface area contributed by atoms with Gasteiger partial charge in [0.2, 0.25) is 0 Å². The van der Waals surface area contributed by atoms with Crippen LogP contribution in [-0.2, 0) is 0 Å². The number of benzene rings is 2. The fourth-order valence-corrected chi connectivity index (χ4v) is 2.69. The molecular weight excluding hydrogens is 391 g/mol. The van der Waals surface area contributed by atoms with Gasteiger partial charge in [-0.3, -0.25) is 4.79 Å². The van der Waals surface area contributed by atoms with Gasteiger partial charge in [-0.05, 0) is 77.9 Å². The van der Waals surface area contributed by atoms with Crippen LogP contribution < -0.4 is 5.32 Å². The van der Waals surface area contributed by atoms with E-state index in [1.807, 2.05) is 42.5 Å². The van der Waals surface area contributed by atoms with Crippen molar-refractivity contribution in [3.05, 3.63) is 57.5 Å². The fraction of sp³-hybridized carbons (Fsp3) is 0.176. The van der Waals surface area contributed by atoms with E-state index in [9.17, 15) is 4.79 Å². The first kappa shape index (κ1) is 13.8. The molecule has 4 nitrogen and oxygen atoms in total. The molecular formula is C17H13IN2O2. The second-order valence-electron chi connectivity index (χ2n) is 5.47. The number of oxazole rings is 1. The fourth-order valence-electron chi connectivity index (χ4n) is 2.33. The molecule has 0 aliphatic heterocycles. The molecule has 1 aromatic heterocycles. The molecule has 1 heterocycles. The van der Waals surface area contributed by atoms with Crippen molar-refractivity contribution in [2.24, 2.45) is 0 Å². The molecule has 1 aliphatic rings. The van der Waals surface area contributed by atoms with Crippen molar-refractivity contribution < 1.29 is 9.21 Å². The van der Waals surface area contributed by atoms with Crippen LogP contribution in [-0.4, -0.2) is 10.9 Å². The molecule has 1 amide bonds. The van der Waals surface area contributed by atoms with E-state index in [-0.39, 0.29) is 5.91 Å². The third-order valence-electron chi connectivity index (χ3n) is 3.69. The lowest BCUT2D eigenvalue weighted by atomic mass is 10.2. The minimum atomic E-state index is -0.123. The molecule has 5 heteroatoms. The number of amides is 1. The molecule has 3 aromatic rings. The Labute approximate surface area is 141 Å². The lowest BCUT2D eigenvalue weighted by molar-refractivity contribution is 0.102. The number of rotatable bonds is 3. The van der Waals surface area contributed by atoms with Crippen LogP contribution >= 0.6 is 22.6 Å². The summed E-state index contributed by atoms with van der Waals surface area (Å²) >= 11 is 2.22. The zero-order chi connectivity index (χ0) is 15.1. The van der Waals surface area contributed by atoms with E-state index in [0.717, 1.165) is 39.1 Å². The number of fused-ring (bicyclic) bond motifs is 1. The summed E-state index contributed by atoms with van der Waals surface area (Å²) in [5.74, 6) is 1.18. The standard InChI is InChI=1S/C17H13IN2O2/c18-12-5-3-10(4-6-12)16(21)19-13-7-8-15-14(9-13)20-17(22-15)11-1-2-11/h3-9,11H,1-2H2,(H,19,21). The number of halogens is 1. The molecule has 2 aromatic carbocycles. The number of aromatic nitrogens is 1. The van der Waals surface area contributed by atoms with Gasteiger partial charge in [0.15, 0.2) is 11.5 Å². The molecule has 0 atom stereocenters. The van der Waals surface area contributed by atoms with Gasteiger partial charge in [0.25, 0.3) is 5.91 Å². The van der Waals surface area contributed by atoms with Crippen LogP contribution in [0.25, 0.3) is 11.1 Å². The Hall–Kier alpha value is -1.89. The molecule has 0 spiro atoms. The predicted octanol–water partition coefficient (Wildman–Crippen LogP) is 4.56. The van der Waals surface area contributed by atoms with Crippen molar-refractivity contribution in [1.82, 2.24) is 4.98 Å². The van der Waals surface area contributed by atoms with Crippen LogP contribution in [0.3, 0.4) is 0 Å². The summed E-state index contributed by atoms with van der Waals surface area (Å²) in [4.78, 5) is 16.7. The topological polar surface area (TPSA) is 55.1 Å². The monoisotopic (exact) mass is 404 g/mol. The molecule has 1 aliphatic carbocycles. The zero-order valence-corrected chi connectivity index (χ0v) is 13.8. The van der Waals surface area contributed by atoms with Crippen LogP contribution in [0.1, 0.15) is 35.0 Å². The van der Waals surface area contributed by atoms with Gasteiger partial charge in [0, 0.05) is 20.7 Å². The van der Waals surface area contributed by atoms with Gasteiger partial charge < -0.3 is 9.73 Å². The van der Waals surface area contributed by atoms with E-state index < -0.39 is 0 Å². The number of nitrogens with one attached hydrogen (secondary N) is 1. The number of carbonyl (C=O) groups is 1. The van der Waals surface area contributed by atoms with E-state index in [4.69, 9.17) is 4.42 Å². The molecule has 22 heavy (non-hydrogen) atoms. The van der Waals surface area contributed by atoms with E-state index >= 15 is 0 Å². The third-order valence-corrected chi connectivity index (χ3v) is 4.41. The SMILES string of the molecule is O=C(Nc1ccc2oc(C3CC3)nc2c1)c1ccc(I)cc1. The van der Waals surface area contributed by atoms with Crippen LogP contribution in [0.5, 0.6) is 0 Å². The summed E-state index contributed by atoms with van der Waals surface area (Å²) in [6.45, 7) is 0. The Morgan fingerprint density at radius 1 is 1.18 bits per heavy atom. The highest BCUT2D eigenvalue weighted by molar-refractivity contribution is 14.1. The molecule has 1 N–H and O–H groups in total. The highest BCUT2D eigenvalue weighted by atomic mass is 127. The smallest absolute Gasteiger partial charge is 0.255 e. The van der Waals surface area contributed by atoms with Crippen molar-refractivity contribution in [1.29, 1.82) is 0 Å². The van der Waals surface area contributed by atoms with E-state index in [1.54, 1.807) is 0 Å². The second kappa shape index (κ2) is 5.39. The number of nitrogens with zero attached hydrogens (tertiary/aromatic N) is 1. The van der Waals surface area contributed by atoms with Crippen molar-refractivity contribution >= 4 is 45.3 Å². The summed E-state index contributed by atoms with van der Waals surface area (Å²) < 4.78 is 6.83. The minimum Gasteiger partial charge on any atom is -0.440 e. The first-order valence-corrected chi connectivity index (χ1v) is 8.24. The summed E-state index contributed by atoms with van der Waals surface area (Å²) in [6, 6.07) is 13.0. The van der Waals surface area contributed by atoms with Crippen molar-refractivity contribution in [2.75, 3.05) is 5.32 Å². The average Bonchev–Trinajstić information content (AvgIpc) is 3.28. The number of hydrogen-bond acceptors (Lipinski definition) is 3. The lowest BCUT2D eigenvalue weighted by Gasteiger charge is -2.05. The largest absolute Gasteiger partial charge is 0.440 e. The Kier molecular flexibility index (Phi) is 3.37. The molecule has 0 radical (unpaired) electrons. The van der Waals surface area contributed by atoms with Crippen molar-refractivity contribution in [3.8, 4) is 0 Å². The quantitative estimate of drug-likeness (QED) is 0.652. The van der Waals surface area contributed by atoms with Gasteiger partial charge in [0.05, 0.1) is 0 Å². The third kappa shape index (κ3) is 2.72. The molecule has 0 saturated heterocycles. The maximum absolute atomic E-state index is 12.2. The normalized spacial score (nSPS) is 14.2. The van der Waals surface area contributed by atoms with E-state index in [0.29, 0.717) is 11.5 Å². The Bertz CT molecular complexity index is 851. The second-order valence-corrected chi connectivity index (χ2v) is 6.72. The minimum absolute atomic E-state index is 0.123. The predicted molar refractivity (Wildman–Crippen MR) is 93.1 cm³/mol. The van der Waals surface area contributed by atoms with Gasteiger partial charge in [-0.1, -0.05) is 0 Å². The summed E-state index contributed by atoms with van der Waals surface area (Å²) in [6.07, 6.45) is 2.31.